The molecule has 0 N–H and O–H groups in total. The lowest BCUT2D eigenvalue weighted by atomic mass is 10.0. The second-order valence-corrected chi connectivity index (χ2v) is 3.83. The molecule has 0 saturated carbocycles. The molecule has 1 heterocycles. The maximum Gasteiger partial charge on any atom is 0.338 e. The minimum atomic E-state index is -0.228. The van der Waals surface area contributed by atoms with Crippen LogP contribution >= 0.6 is 0 Å². The molecule has 0 amide bonds. The van der Waals surface area contributed by atoms with Crippen LogP contribution < -0.4 is 0 Å². The van der Waals surface area contributed by atoms with E-state index in [9.17, 15) is 4.79 Å². The van der Waals surface area contributed by atoms with Crippen molar-refractivity contribution in [2.45, 2.75) is 13.8 Å². The highest BCUT2D eigenvalue weighted by atomic mass is 16.5. The summed E-state index contributed by atoms with van der Waals surface area (Å²) in [4.78, 5) is 11.5. The first kappa shape index (κ1) is 10.7. The highest BCUT2D eigenvalue weighted by molar-refractivity contribution is 6.04. The molecule has 0 atom stereocenters. The first-order valence-electron chi connectivity index (χ1n) is 5.32. The molecular formula is C14H14O2. The van der Waals surface area contributed by atoms with E-state index < -0.39 is 0 Å². The van der Waals surface area contributed by atoms with Gasteiger partial charge in [0.05, 0.1) is 5.57 Å². The first-order chi connectivity index (χ1) is 7.72. The Labute approximate surface area is 95.2 Å². The summed E-state index contributed by atoms with van der Waals surface area (Å²) in [5.41, 5.74) is 3.92. The lowest BCUT2D eigenvalue weighted by Crippen LogP contribution is -1.96. The van der Waals surface area contributed by atoms with Gasteiger partial charge in [0.15, 0.2) is 0 Å². The molecule has 1 aromatic carbocycles. The first-order valence-corrected chi connectivity index (χ1v) is 5.32. The van der Waals surface area contributed by atoms with E-state index in [0.29, 0.717) is 12.2 Å². The highest BCUT2D eigenvalue weighted by Crippen LogP contribution is 2.26. The number of aryl methyl sites for hydroxylation is 1. The predicted molar refractivity (Wildman–Crippen MR) is 63.9 cm³/mol. The molecule has 0 radical (unpaired) electrons. The number of hydrogen-bond acceptors (Lipinski definition) is 2. The van der Waals surface area contributed by atoms with Gasteiger partial charge in [-0.05, 0) is 19.4 Å². The Kier molecular flexibility index (Phi) is 2.91. The van der Waals surface area contributed by atoms with Gasteiger partial charge in [0.25, 0.3) is 0 Å². The van der Waals surface area contributed by atoms with Gasteiger partial charge in [0, 0.05) is 5.57 Å². The number of esters is 1. The van der Waals surface area contributed by atoms with Gasteiger partial charge >= 0.3 is 5.97 Å². The minimum Gasteiger partial charge on any atom is -0.457 e. The maximum absolute atomic E-state index is 11.5. The average molecular weight is 214 g/mol. The van der Waals surface area contributed by atoms with Crippen LogP contribution in [0.15, 0.2) is 42.0 Å². The Morgan fingerprint density at radius 3 is 2.56 bits per heavy atom. The summed E-state index contributed by atoms with van der Waals surface area (Å²) in [6, 6.07) is 8.13. The fourth-order valence-corrected chi connectivity index (χ4v) is 1.75. The summed E-state index contributed by atoms with van der Waals surface area (Å²) in [6.45, 7) is 4.31. The topological polar surface area (TPSA) is 26.3 Å². The Bertz CT molecular complexity index is 464. The Morgan fingerprint density at radius 2 is 1.94 bits per heavy atom. The molecule has 2 heteroatoms. The van der Waals surface area contributed by atoms with E-state index >= 15 is 0 Å². The smallest absolute Gasteiger partial charge is 0.338 e. The van der Waals surface area contributed by atoms with E-state index in [-0.39, 0.29) is 5.97 Å². The Morgan fingerprint density at radius 1 is 1.25 bits per heavy atom. The largest absolute Gasteiger partial charge is 0.457 e. The minimum absolute atomic E-state index is 0.228. The van der Waals surface area contributed by atoms with Crippen molar-refractivity contribution in [3.05, 3.63) is 53.1 Å². The van der Waals surface area contributed by atoms with E-state index in [1.165, 1.54) is 5.56 Å². The van der Waals surface area contributed by atoms with Crippen LogP contribution in [0.25, 0.3) is 5.57 Å². The van der Waals surface area contributed by atoms with Gasteiger partial charge < -0.3 is 4.74 Å². The number of rotatable bonds is 2. The normalized spacial score (nSPS) is 16.0. The molecular weight excluding hydrogens is 200 g/mol. The summed E-state index contributed by atoms with van der Waals surface area (Å²) in [5.74, 6) is -0.228. The highest BCUT2D eigenvalue weighted by Gasteiger charge is 2.23. The predicted octanol–water partition coefficient (Wildman–Crippen LogP) is 2.88. The molecule has 0 aliphatic carbocycles. The Balaban J connectivity index is 2.45. The lowest BCUT2D eigenvalue weighted by Gasteiger charge is -2.01. The van der Waals surface area contributed by atoms with Crippen molar-refractivity contribution < 1.29 is 9.53 Å². The Hall–Kier alpha value is -1.83. The fourth-order valence-electron chi connectivity index (χ4n) is 1.75. The molecule has 0 fully saturated rings. The second kappa shape index (κ2) is 4.35. The van der Waals surface area contributed by atoms with Crippen molar-refractivity contribution in [1.29, 1.82) is 0 Å². The van der Waals surface area contributed by atoms with E-state index in [0.717, 1.165) is 11.1 Å². The molecule has 0 bridgehead atoms. The van der Waals surface area contributed by atoms with Crippen LogP contribution in [-0.2, 0) is 9.53 Å². The van der Waals surface area contributed by atoms with Gasteiger partial charge in [0.1, 0.15) is 6.61 Å². The molecule has 2 rings (SSSR count). The second-order valence-electron chi connectivity index (χ2n) is 3.83. The van der Waals surface area contributed by atoms with Crippen molar-refractivity contribution in [3.8, 4) is 0 Å². The van der Waals surface area contributed by atoms with E-state index in [2.05, 4.69) is 0 Å². The van der Waals surface area contributed by atoms with E-state index in [1.807, 2.05) is 50.3 Å². The SMILES string of the molecule is C/C=C/C1=C(c2ccc(C)cc2)COC1=O. The summed E-state index contributed by atoms with van der Waals surface area (Å²) < 4.78 is 5.05. The van der Waals surface area contributed by atoms with Gasteiger partial charge in [-0.15, -0.1) is 0 Å². The number of cyclic esters (lactones) is 1. The third kappa shape index (κ3) is 1.91. The van der Waals surface area contributed by atoms with Crippen LogP contribution in [0.1, 0.15) is 18.1 Å². The maximum atomic E-state index is 11.5. The zero-order valence-electron chi connectivity index (χ0n) is 9.49. The molecule has 1 aliphatic rings. The van der Waals surface area contributed by atoms with Crippen molar-refractivity contribution in [2.24, 2.45) is 0 Å². The number of ether oxygens (including phenoxy) is 1. The van der Waals surface area contributed by atoms with Gasteiger partial charge in [0.2, 0.25) is 0 Å². The fraction of sp³-hybridized carbons (Fsp3) is 0.214. The third-order valence-electron chi connectivity index (χ3n) is 2.63. The molecule has 82 valence electrons. The molecule has 0 aromatic heterocycles. The van der Waals surface area contributed by atoms with Crippen LogP contribution in [-0.4, -0.2) is 12.6 Å². The molecule has 0 spiro atoms. The monoisotopic (exact) mass is 214 g/mol. The average Bonchev–Trinajstić information content (AvgIpc) is 2.63. The number of benzene rings is 1. The summed E-state index contributed by atoms with van der Waals surface area (Å²) >= 11 is 0. The molecule has 2 nitrogen and oxygen atoms in total. The zero-order chi connectivity index (χ0) is 11.5. The van der Waals surface area contributed by atoms with Crippen LogP contribution in [0.5, 0.6) is 0 Å². The lowest BCUT2D eigenvalue weighted by molar-refractivity contribution is -0.135. The summed E-state index contributed by atoms with van der Waals surface area (Å²) in [6.07, 6.45) is 3.67. The standard InChI is InChI=1S/C14H14O2/c1-3-4-12-13(9-16-14(12)15)11-7-5-10(2)6-8-11/h3-8H,9H2,1-2H3/b4-3+. The number of hydrogen-bond donors (Lipinski definition) is 0. The van der Waals surface area contributed by atoms with Crippen molar-refractivity contribution in [3.63, 3.8) is 0 Å². The van der Waals surface area contributed by atoms with Crippen molar-refractivity contribution in [1.82, 2.24) is 0 Å². The van der Waals surface area contributed by atoms with Crippen LogP contribution in [0.3, 0.4) is 0 Å². The molecule has 0 saturated heterocycles. The molecule has 16 heavy (non-hydrogen) atoms. The van der Waals surface area contributed by atoms with Gasteiger partial charge in [-0.2, -0.15) is 0 Å². The van der Waals surface area contributed by atoms with Gasteiger partial charge in [-0.1, -0.05) is 42.0 Å². The van der Waals surface area contributed by atoms with Gasteiger partial charge in [-0.3, -0.25) is 0 Å². The quantitative estimate of drug-likeness (QED) is 0.707. The van der Waals surface area contributed by atoms with Gasteiger partial charge in [-0.25, -0.2) is 4.79 Å². The van der Waals surface area contributed by atoms with E-state index in [4.69, 9.17) is 4.74 Å². The molecule has 1 aliphatic heterocycles. The number of carbonyl (C=O) groups is 1. The summed E-state index contributed by atoms with van der Waals surface area (Å²) in [7, 11) is 0. The van der Waals surface area contributed by atoms with Crippen LogP contribution in [0.4, 0.5) is 0 Å². The number of allylic oxidation sites excluding steroid dienone is 1. The van der Waals surface area contributed by atoms with Crippen molar-refractivity contribution >= 4 is 11.5 Å². The van der Waals surface area contributed by atoms with Crippen LogP contribution in [0, 0.1) is 6.92 Å². The van der Waals surface area contributed by atoms with Crippen LogP contribution in [0.2, 0.25) is 0 Å². The van der Waals surface area contributed by atoms with Crippen molar-refractivity contribution in [2.75, 3.05) is 6.61 Å². The number of carbonyl (C=O) groups excluding carboxylic acids is 1. The summed E-state index contributed by atoms with van der Waals surface area (Å²) in [5, 5.41) is 0. The molecule has 1 aromatic rings. The zero-order valence-corrected chi connectivity index (χ0v) is 9.49. The third-order valence-corrected chi connectivity index (χ3v) is 2.63. The van der Waals surface area contributed by atoms with E-state index in [1.54, 1.807) is 0 Å². The molecule has 0 unspecified atom stereocenters.